The van der Waals surface area contributed by atoms with E-state index in [0.29, 0.717) is 5.41 Å². The predicted octanol–water partition coefficient (Wildman–Crippen LogP) is 6.45. The lowest BCUT2D eigenvalue weighted by Gasteiger charge is -2.07. The fraction of sp³-hybridized carbons (Fsp3) is 0.667. The monoisotopic (exact) mass is 248 g/mol. The van der Waals surface area contributed by atoms with Gasteiger partial charge in [0.25, 0.3) is 0 Å². The van der Waals surface area contributed by atoms with Gasteiger partial charge in [-0.1, -0.05) is 90.7 Å². The molecule has 0 bridgehead atoms. The van der Waals surface area contributed by atoms with Crippen LogP contribution in [0.4, 0.5) is 0 Å². The minimum atomic E-state index is 0.440. The summed E-state index contributed by atoms with van der Waals surface area (Å²) in [6.07, 6.45) is 16.9. The highest BCUT2D eigenvalue weighted by Gasteiger charge is 2.39. The lowest BCUT2D eigenvalue weighted by molar-refractivity contribution is 0.624. The van der Waals surface area contributed by atoms with E-state index in [1.165, 1.54) is 56.9 Å². The molecule has 0 unspecified atom stereocenters. The Morgan fingerprint density at radius 3 is 1.78 bits per heavy atom. The maximum absolute atomic E-state index is 3.77. The minimum Gasteiger partial charge on any atom is -0.0991 e. The van der Waals surface area contributed by atoms with Gasteiger partial charge in [-0.3, -0.25) is 0 Å². The molecular formula is C18H32. The predicted molar refractivity (Wildman–Crippen MR) is 84.9 cm³/mol. The van der Waals surface area contributed by atoms with E-state index in [-0.39, 0.29) is 0 Å². The summed E-state index contributed by atoms with van der Waals surface area (Å²) in [6.45, 7) is 14.2. The number of rotatable bonds is 8. The van der Waals surface area contributed by atoms with Gasteiger partial charge >= 0.3 is 0 Å². The van der Waals surface area contributed by atoms with Gasteiger partial charge in [0.15, 0.2) is 0 Å². The Labute approximate surface area is 115 Å². The molecule has 0 atom stereocenters. The molecule has 0 heterocycles. The summed E-state index contributed by atoms with van der Waals surface area (Å²) in [6, 6.07) is 0. The van der Waals surface area contributed by atoms with E-state index >= 15 is 0 Å². The molecule has 1 aliphatic carbocycles. The van der Waals surface area contributed by atoms with Crippen molar-refractivity contribution in [1.82, 2.24) is 0 Å². The molecule has 18 heavy (non-hydrogen) atoms. The summed E-state index contributed by atoms with van der Waals surface area (Å²) in [5, 5.41) is 0. The maximum atomic E-state index is 3.77. The fourth-order valence-electron chi connectivity index (χ4n) is 1.97. The van der Waals surface area contributed by atoms with Crippen LogP contribution in [-0.2, 0) is 0 Å². The summed E-state index contributed by atoms with van der Waals surface area (Å²) in [5.41, 5.74) is 1.78. The molecule has 1 saturated carbocycles. The van der Waals surface area contributed by atoms with Crippen LogP contribution < -0.4 is 0 Å². The lowest BCUT2D eigenvalue weighted by Crippen LogP contribution is -1.94. The van der Waals surface area contributed by atoms with Crippen LogP contribution >= 0.6 is 0 Å². The van der Waals surface area contributed by atoms with Gasteiger partial charge in [0, 0.05) is 0 Å². The third-order valence-corrected chi connectivity index (χ3v) is 3.67. The molecule has 0 spiro atoms. The van der Waals surface area contributed by atoms with Gasteiger partial charge in [0.05, 0.1) is 0 Å². The summed E-state index contributed by atoms with van der Waals surface area (Å²) < 4.78 is 0. The average molecular weight is 248 g/mol. The third-order valence-electron chi connectivity index (χ3n) is 3.67. The van der Waals surface area contributed by atoms with Crippen molar-refractivity contribution in [3.8, 4) is 0 Å². The Kier molecular flexibility index (Phi) is 9.73. The molecule has 1 fully saturated rings. The molecular weight excluding hydrogens is 216 g/mol. The highest BCUT2D eigenvalue weighted by Crippen LogP contribution is 2.51. The second-order valence-electron chi connectivity index (χ2n) is 5.54. The van der Waals surface area contributed by atoms with Crippen molar-refractivity contribution in [3.05, 3.63) is 37.0 Å². The summed E-state index contributed by atoms with van der Waals surface area (Å²) in [7, 11) is 0. The van der Waals surface area contributed by atoms with Crippen molar-refractivity contribution < 1.29 is 0 Å². The Morgan fingerprint density at radius 2 is 1.50 bits per heavy atom. The second kappa shape index (κ2) is 10.2. The quantitative estimate of drug-likeness (QED) is 0.342. The molecule has 104 valence electrons. The zero-order valence-electron chi connectivity index (χ0n) is 12.8. The first-order valence-corrected chi connectivity index (χ1v) is 7.60. The van der Waals surface area contributed by atoms with Gasteiger partial charge in [-0.2, -0.15) is 0 Å². The minimum absolute atomic E-state index is 0.440. The van der Waals surface area contributed by atoms with E-state index in [1.807, 2.05) is 12.2 Å². The molecule has 0 nitrogen and oxygen atoms in total. The molecule has 0 radical (unpaired) electrons. The maximum Gasteiger partial charge on any atom is -0.00748 e. The molecule has 0 aromatic heterocycles. The van der Waals surface area contributed by atoms with Crippen LogP contribution in [0.5, 0.6) is 0 Å². The molecule has 0 aliphatic heterocycles. The molecule has 0 aromatic rings. The van der Waals surface area contributed by atoms with Crippen molar-refractivity contribution in [2.75, 3.05) is 0 Å². The first-order valence-electron chi connectivity index (χ1n) is 7.60. The van der Waals surface area contributed by atoms with Crippen LogP contribution in [0.1, 0.15) is 72.1 Å². The van der Waals surface area contributed by atoms with Crippen molar-refractivity contribution in [1.29, 1.82) is 0 Å². The fourth-order valence-corrected chi connectivity index (χ4v) is 1.97. The van der Waals surface area contributed by atoms with Gasteiger partial charge in [0.2, 0.25) is 0 Å². The zero-order chi connectivity index (χ0) is 13.9. The normalized spacial score (nSPS) is 16.5. The SMILES string of the molecule is C=C/C=C(\C=C)C1(C)CC1.CCCCCCCC. The lowest BCUT2D eigenvalue weighted by atomic mass is 9.98. The van der Waals surface area contributed by atoms with E-state index in [4.69, 9.17) is 0 Å². The molecule has 1 rings (SSSR count). The number of unbranched alkanes of at least 4 members (excludes halogenated alkanes) is 5. The zero-order valence-corrected chi connectivity index (χ0v) is 12.8. The molecule has 0 aromatic carbocycles. The van der Waals surface area contributed by atoms with Crippen LogP contribution in [0, 0.1) is 5.41 Å². The van der Waals surface area contributed by atoms with Crippen molar-refractivity contribution in [3.63, 3.8) is 0 Å². The van der Waals surface area contributed by atoms with E-state index in [9.17, 15) is 0 Å². The van der Waals surface area contributed by atoms with Crippen LogP contribution in [0.15, 0.2) is 37.0 Å². The molecule has 0 N–H and O–H groups in total. The Bertz CT molecular complexity index is 247. The van der Waals surface area contributed by atoms with Gasteiger partial charge in [0.1, 0.15) is 0 Å². The smallest absolute Gasteiger partial charge is 0.00748 e. The number of hydrogen-bond donors (Lipinski definition) is 0. The number of allylic oxidation sites excluding steroid dienone is 4. The molecule has 0 amide bonds. The second-order valence-corrected chi connectivity index (χ2v) is 5.54. The van der Waals surface area contributed by atoms with Crippen LogP contribution in [-0.4, -0.2) is 0 Å². The average Bonchev–Trinajstić information content (AvgIpc) is 3.12. The van der Waals surface area contributed by atoms with E-state index in [0.717, 1.165) is 0 Å². The molecule has 1 aliphatic rings. The van der Waals surface area contributed by atoms with Crippen molar-refractivity contribution >= 4 is 0 Å². The van der Waals surface area contributed by atoms with Crippen LogP contribution in [0.25, 0.3) is 0 Å². The first-order chi connectivity index (χ1) is 8.64. The Morgan fingerprint density at radius 1 is 1.00 bits per heavy atom. The highest BCUT2D eigenvalue weighted by molar-refractivity contribution is 5.32. The topological polar surface area (TPSA) is 0 Å². The number of hydrogen-bond acceptors (Lipinski definition) is 0. The van der Waals surface area contributed by atoms with Crippen molar-refractivity contribution in [2.24, 2.45) is 5.41 Å². The van der Waals surface area contributed by atoms with Crippen LogP contribution in [0.3, 0.4) is 0 Å². The molecule has 0 saturated heterocycles. The summed E-state index contributed by atoms with van der Waals surface area (Å²) in [4.78, 5) is 0. The van der Waals surface area contributed by atoms with Gasteiger partial charge in [-0.15, -0.1) is 0 Å². The van der Waals surface area contributed by atoms with Gasteiger partial charge in [-0.25, -0.2) is 0 Å². The summed E-state index contributed by atoms with van der Waals surface area (Å²) in [5.74, 6) is 0. The Balaban J connectivity index is 0.000000331. The van der Waals surface area contributed by atoms with E-state index in [2.05, 4.69) is 40.0 Å². The van der Waals surface area contributed by atoms with Crippen molar-refractivity contribution in [2.45, 2.75) is 72.1 Å². The van der Waals surface area contributed by atoms with E-state index in [1.54, 1.807) is 0 Å². The highest BCUT2D eigenvalue weighted by atomic mass is 14.4. The molecule has 0 heteroatoms. The first kappa shape index (κ1) is 17.2. The third kappa shape index (κ3) is 7.53. The van der Waals surface area contributed by atoms with Gasteiger partial charge in [-0.05, 0) is 23.8 Å². The van der Waals surface area contributed by atoms with Gasteiger partial charge < -0.3 is 0 Å². The largest absolute Gasteiger partial charge is 0.0991 e. The van der Waals surface area contributed by atoms with Crippen LogP contribution in [0.2, 0.25) is 0 Å². The standard InChI is InChI=1S/C10H14.C8H18/c1-4-6-9(5-2)10(3)7-8-10;1-3-5-7-8-6-4-2/h4-6H,1-2,7-8H2,3H3;3-8H2,1-2H3/b9-6+;. The summed E-state index contributed by atoms with van der Waals surface area (Å²) >= 11 is 0. The Hall–Kier alpha value is -0.780. The van der Waals surface area contributed by atoms with E-state index < -0.39 is 0 Å².